The number of aromatic nitrogens is 2. The lowest BCUT2D eigenvalue weighted by Gasteiger charge is -2.20. The van der Waals surface area contributed by atoms with Crippen molar-refractivity contribution in [2.75, 3.05) is 44.5 Å². The Labute approximate surface area is 121 Å². The Bertz CT molecular complexity index is 399. The van der Waals surface area contributed by atoms with Crippen LogP contribution in [0.4, 0.5) is 11.6 Å². The first-order valence-corrected chi connectivity index (χ1v) is 6.98. The van der Waals surface area contributed by atoms with Gasteiger partial charge in [-0.15, -0.1) is 0 Å². The topological polar surface area (TPSA) is 68.3 Å². The van der Waals surface area contributed by atoms with Gasteiger partial charge in [-0.2, -0.15) is 0 Å². The zero-order valence-corrected chi connectivity index (χ0v) is 13.1. The summed E-state index contributed by atoms with van der Waals surface area (Å²) in [6.07, 6.45) is 1.57. The van der Waals surface area contributed by atoms with Gasteiger partial charge in [0, 0.05) is 32.9 Å². The maximum absolute atomic E-state index is 5.34. The third-order valence-corrected chi connectivity index (χ3v) is 2.99. The summed E-state index contributed by atoms with van der Waals surface area (Å²) in [5, 5.41) is 6.61. The molecule has 1 rings (SSSR count). The second-order valence-electron chi connectivity index (χ2n) is 4.86. The smallest absolute Gasteiger partial charge is 0.135 e. The lowest BCUT2D eigenvalue weighted by atomic mass is 10.0. The highest BCUT2D eigenvalue weighted by Gasteiger charge is 2.15. The summed E-state index contributed by atoms with van der Waals surface area (Å²) >= 11 is 0. The second-order valence-corrected chi connectivity index (χ2v) is 4.86. The van der Waals surface area contributed by atoms with Crippen LogP contribution in [0.5, 0.6) is 0 Å². The molecule has 0 saturated carbocycles. The van der Waals surface area contributed by atoms with Gasteiger partial charge < -0.3 is 20.1 Å². The molecule has 0 aliphatic carbocycles. The lowest BCUT2D eigenvalue weighted by molar-refractivity contribution is 0.0365. The first-order valence-electron chi connectivity index (χ1n) is 6.98. The van der Waals surface area contributed by atoms with Crippen LogP contribution in [0.3, 0.4) is 0 Å². The normalized spacial score (nSPS) is 12.5. The van der Waals surface area contributed by atoms with Crippen molar-refractivity contribution < 1.29 is 9.47 Å². The van der Waals surface area contributed by atoms with Gasteiger partial charge in [0.25, 0.3) is 0 Å². The predicted molar refractivity (Wildman–Crippen MR) is 81.4 cm³/mol. The Hall–Kier alpha value is -1.40. The molecule has 0 fully saturated rings. The van der Waals surface area contributed by atoms with Crippen LogP contribution in [0, 0.1) is 0 Å². The van der Waals surface area contributed by atoms with Crippen LogP contribution < -0.4 is 10.6 Å². The van der Waals surface area contributed by atoms with Crippen LogP contribution in [0.2, 0.25) is 0 Å². The van der Waals surface area contributed by atoms with Gasteiger partial charge in [0.2, 0.25) is 0 Å². The molecule has 1 atom stereocenters. The maximum Gasteiger partial charge on any atom is 0.135 e. The van der Waals surface area contributed by atoms with Gasteiger partial charge in [-0.3, -0.25) is 0 Å². The summed E-state index contributed by atoms with van der Waals surface area (Å²) in [6.45, 7) is 8.35. The Balaban J connectivity index is 2.85. The van der Waals surface area contributed by atoms with Gasteiger partial charge in [-0.25, -0.2) is 9.97 Å². The van der Waals surface area contributed by atoms with Gasteiger partial charge in [-0.05, 0) is 12.8 Å². The summed E-state index contributed by atoms with van der Waals surface area (Å²) in [6, 6.07) is 0. The Morgan fingerprint density at radius 1 is 1.15 bits per heavy atom. The maximum atomic E-state index is 5.34. The van der Waals surface area contributed by atoms with Crippen LogP contribution in [0.25, 0.3) is 0 Å². The van der Waals surface area contributed by atoms with Crippen molar-refractivity contribution >= 4 is 11.6 Å². The first-order chi connectivity index (χ1) is 9.63. The van der Waals surface area contributed by atoms with E-state index in [0.29, 0.717) is 19.1 Å². The van der Waals surface area contributed by atoms with Crippen LogP contribution in [0.15, 0.2) is 6.33 Å². The first kappa shape index (κ1) is 16.7. The molecule has 6 heteroatoms. The Morgan fingerprint density at radius 2 is 1.80 bits per heavy atom. The SMILES string of the molecule is CCNc1ncnc(NCC(COC)OC)c1C(C)C. The molecule has 0 aliphatic heterocycles. The largest absolute Gasteiger partial charge is 0.382 e. The van der Waals surface area contributed by atoms with E-state index in [1.165, 1.54) is 0 Å². The van der Waals surface area contributed by atoms with Gasteiger partial charge in [0.15, 0.2) is 0 Å². The second kappa shape index (κ2) is 8.71. The van der Waals surface area contributed by atoms with Crippen LogP contribution in [0.1, 0.15) is 32.3 Å². The zero-order chi connectivity index (χ0) is 15.0. The molecule has 0 saturated heterocycles. The van der Waals surface area contributed by atoms with Crippen molar-refractivity contribution in [1.29, 1.82) is 0 Å². The highest BCUT2D eigenvalue weighted by molar-refractivity contribution is 5.59. The molecule has 2 N–H and O–H groups in total. The van der Waals surface area contributed by atoms with Crippen molar-refractivity contribution in [2.24, 2.45) is 0 Å². The highest BCUT2D eigenvalue weighted by atomic mass is 16.5. The number of anilines is 2. The number of rotatable bonds is 9. The number of nitrogens with zero attached hydrogens (tertiary/aromatic N) is 2. The molecule has 1 unspecified atom stereocenters. The van der Waals surface area contributed by atoms with Crippen LogP contribution in [-0.2, 0) is 9.47 Å². The van der Waals surface area contributed by atoms with E-state index in [-0.39, 0.29) is 6.10 Å². The number of hydrogen-bond donors (Lipinski definition) is 2. The molecule has 0 amide bonds. The number of hydrogen-bond acceptors (Lipinski definition) is 6. The monoisotopic (exact) mass is 282 g/mol. The molecule has 114 valence electrons. The highest BCUT2D eigenvalue weighted by Crippen LogP contribution is 2.28. The van der Waals surface area contributed by atoms with E-state index in [9.17, 15) is 0 Å². The average Bonchev–Trinajstić information content (AvgIpc) is 2.43. The summed E-state index contributed by atoms with van der Waals surface area (Å²) in [4.78, 5) is 8.67. The van der Waals surface area contributed by atoms with Crippen molar-refractivity contribution in [2.45, 2.75) is 32.8 Å². The number of methoxy groups -OCH3 is 2. The quantitative estimate of drug-likeness (QED) is 0.723. The van der Waals surface area contributed by atoms with E-state index in [2.05, 4.69) is 41.4 Å². The minimum Gasteiger partial charge on any atom is -0.382 e. The van der Waals surface area contributed by atoms with Gasteiger partial charge in [0.1, 0.15) is 18.0 Å². The fourth-order valence-corrected chi connectivity index (χ4v) is 2.00. The number of nitrogens with one attached hydrogen (secondary N) is 2. The molecule has 0 aromatic carbocycles. The predicted octanol–water partition coefficient (Wildman–Crippen LogP) is 2.11. The Morgan fingerprint density at radius 3 is 2.30 bits per heavy atom. The fraction of sp³-hybridized carbons (Fsp3) is 0.714. The minimum atomic E-state index is -0.00226. The van der Waals surface area contributed by atoms with E-state index in [1.54, 1.807) is 20.5 Å². The van der Waals surface area contributed by atoms with Gasteiger partial charge >= 0.3 is 0 Å². The summed E-state index contributed by atoms with van der Waals surface area (Å²) < 4.78 is 10.5. The summed E-state index contributed by atoms with van der Waals surface area (Å²) in [7, 11) is 3.35. The minimum absolute atomic E-state index is 0.00226. The van der Waals surface area contributed by atoms with E-state index in [0.717, 1.165) is 23.7 Å². The van der Waals surface area contributed by atoms with Gasteiger partial charge in [-0.1, -0.05) is 13.8 Å². The number of ether oxygens (including phenoxy) is 2. The molecule has 0 aliphatic rings. The van der Waals surface area contributed by atoms with Crippen LogP contribution in [-0.4, -0.2) is 50.0 Å². The van der Waals surface area contributed by atoms with Crippen LogP contribution >= 0.6 is 0 Å². The molecule has 1 heterocycles. The molecule has 0 spiro atoms. The molecule has 20 heavy (non-hydrogen) atoms. The van der Waals surface area contributed by atoms with E-state index >= 15 is 0 Å². The Kier molecular flexibility index (Phi) is 7.25. The zero-order valence-electron chi connectivity index (χ0n) is 13.1. The van der Waals surface area contributed by atoms with E-state index in [1.807, 2.05) is 0 Å². The molecule has 0 radical (unpaired) electrons. The summed E-state index contributed by atoms with van der Waals surface area (Å²) in [5.41, 5.74) is 1.10. The van der Waals surface area contributed by atoms with Crippen molar-refractivity contribution in [3.05, 3.63) is 11.9 Å². The molecule has 1 aromatic rings. The van der Waals surface area contributed by atoms with E-state index < -0.39 is 0 Å². The molecular weight excluding hydrogens is 256 g/mol. The molecular formula is C14H26N4O2. The standard InChI is InChI=1S/C14H26N4O2/c1-6-15-13-12(10(2)3)14(18-9-17-13)16-7-11(20-5)8-19-4/h9-11H,6-8H2,1-5H3,(H2,15,16,17,18). The molecule has 6 nitrogen and oxygen atoms in total. The third kappa shape index (κ3) is 4.61. The van der Waals surface area contributed by atoms with Crippen molar-refractivity contribution in [3.8, 4) is 0 Å². The van der Waals surface area contributed by atoms with Gasteiger partial charge in [0.05, 0.1) is 12.7 Å². The molecule has 1 aromatic heterocycles. The summed E-state index contributed by atoms with van der Waals surface area (Å²) in [5.74, 6) is 2.07. The van der Waals surface area contributed by atoms with Crippen molar-refractivity contribution in [1.82, 2.24) is 9.97 Å². The van der Waals surface area contributed by atoms with E-state index in [4.69, 9.17) is 9.47 Å². The average molecular weight is 282 g/mol. The molecule has 0 bridgehead atoms. The lowest BCUT2D eigenvalue weighted by Crippen LogP contribution is -2.27. The fourth-order valence-electron chi connectivity index (χ4n) is 2.00. The van der Waals surface area contributed by atoms with Crippen molar-refractivity contribution in [3.63, 3.8) is 0 Å². The third-order valence-electron chi connectivity index (χ3n) is 2.99.